The van der Waals surface area contributed by atoms with E-state index in [1.807, 2.05) is 72.4 Å². The minimum absolute atomic E-state index is 0.0728. The molecular weight excluding hydrogens is 558 g/mol. The molecule has 0 radical (unpaired) electrons. The number of ether oxygens (including phenoxy) is 2. The number of aromatic nitrogens is 2. The van der Waals surface area contributed by atoms with Crippen molar-refractivity contribution in [1.82, 2.24) is 9.13 Å². The highest BCUT2D eigenvalue weighted by Crippen LogP contribution is 2.32. The second-order valence-corrected chi connectivity index (χ2v) is 11.4. The fourth-order valence-corrected chi connectivity index (χ4v) is 6.64. The Bertz CT molecular complexity index is 1860. The molecule has 0 bridgehead atoms. The number of benzene rings is 2. The van der Waals surface area contributed by atoms with Gasteiger partial charge in [0, 0.05) is 27.1 Å². The number of carbonyl (C=O) groups is 2. The topological polar surface area (TPSA) is 91.9 Å². The van der Waals surface area contributed by atoms with Crippen LogP contribution in [-0.2, 0) is 25.6 Å². The quantitative estimate of drug-likeness (QED) is 0.224. The predicted octanol–water partition coefficient (Wildman–Crippen LogP) is 4.35. The molecule has 0 N–H and O–H groups in total. The van der Waals surface area contributed by atoms with Crippen LogP contribution < -0.4 is 14.9 Å². The Morgan fingerprint density at radius 3 is 2.44 bits per heavy atom. The molecule has 1 aliphatic rings. The SMILES string of the molecule is CCOC(=O)Cn1c(C)c(C=c2sc3n(c2=O)C(c2ccc(SC)cc2)C(C(=O)OCC)=C(C)N=3)c2ccccc21. The molecule has 2 aromatic heterocycles. The highest BCUT2D eigenvalue weighted by molar-refractivity contribution is 7.98. The Hall–Kier alpha value is -3.89. The Labute approximate surface area is 245 Å². The van der Waals surface area contributed by atoms with E-state index < -0.39 is 12.0 Å². The van der Waals surface area contributed by atoms with E-state index in [0.717, 1.165) is 32.6 Å². The van der Waals surface area contributed by atoms with Crippen LogP contribution in [0.5, 0.6) is 0 Å². The number of hydrogen-bond acceptors (Lipinski definition) is 8. The Morgan fingerprint density at radius 1 is 1.05 bits per heavy atom. The number of nitrogens with zero attached hydrogens (tertiary/aromatic N) is 3. The molecule has 0 amide bonds. The van der Waals surface area contributed by atoms with Crippen LogP contribution >= 0.6 is 23.1 Å². The molecule has 10 heteroatoms. The summed E-state index contributed by atoms with van der Waals surface area (Å²) in [6.07, 6.45) is 3.86. The average molecular weight is 590 g/mol. The maximum absolute atomic E-state index is 14.1. The van der Waals surface area contributed by atoms with Crippen molar-refractivity contribution in [3.63, 3.8) is 0 Å². The van der Waals surface area contributed by atoms with Gasteiger partial charge in [-0.25, -0.2) is 9.79 Å². The molecule has 0 aliphatic carbocycles. The highest BCUT2D eigenvalue weighted by Gasteiger charge is 2.33. The lowest BCUT2D eigenvalue weighted by molar-refractivity contribution is -0.143. The standard InChI is InChI=1S/C31H31N3O5S2/c1-6-38-26(35)17-33-19(4)23(22-10-8-9-11-24(22)33)16-25-29(36)34-28(20-12-14-21(40-5)15-13-20)27(30(37)39-7-2)18(3)32-31(34)41-25/h8-16,28H,6-7,17H2,1-5H3. The van der Waals surface area contributed by atoms with E-state index in [2.05, 4.69) is 4.99 Å². The van der Waals surface area contributed by atoms with E-state index in [1.165, 1.54) is 11.3 Å². The first-order valence-corrected chi connectivity index (χ1v) is 15.4. The zero-order valence-corrected chi connectivity index (χ0v) is 25.2. The second-order valence-electron chi connectivity index (χ2n) is 9.48. The summed E-state index contributed by atoms with van der Waals surface area (Å²) in [6.45, 7) is 7.84. The van der Waals surface area contributed by atoms with Crippen LogP contribution in [0.25, 0.3) is 17.0 Å². The van der Waals surface area contributed by atoms with Crippen LogP contribution in [0.15, 0.2) is 74.5 Å². The van der Waals surface area contributed by atoms with Crippen LogP contribution in [-0.4, -0.2) is 40.5 Å². The van der Waals surface area contributed by atoms with Gasteiger partial charge in [-0.1, -0.05) is 41.7 Å². The van der Waals surface area contributed by atoms with Crippen molar-refractivity contribution in [2.75, 3.05) is 19.5 Å². The zero-order valence-electron chi connectivity index (χ0n) is 23.6. The lowest BCUT2D eigenvalue weighted by atomic mass is 9.96. The summed E-state index contributed by atoms with van der Waals surface area (Å²) in [4.78, 5) is 45.9. The van der Waals surface area contributed by atoms with Crippen LogP contribution in [0.2, 0.25) is 0 Å². The number of fused-ring (bicyclic) bond motifs is 2. The van der Waals surface area contributed by atoms with Gasteiger partial charge in [0.2, 0.25) is 0 Å². The number of para-hydroxylation sites is 1. The van der Waals surface area contributed by atoms with E-state index in [-0.39, 0.29) is 24.7 Å². The molecule has 3 heterocycles. The first kappa shape index (κ1) is 28.6. The zero-order chi connectivity index (χ0) is 29.3. The minimum Gasteiger partial charge on any atom is -0.465 e. The average Bonchev–Trinajstić information content (AvgIpc) is 3.41. The summed E-state index contributed by atoms with van der Waals surface area (Å²) >= 11 is 2.90. The van der Waals surface area contributed by atoms with Gasteiger partial charge in [-0.3, -0.25) is 14.2 Å². The molecule has 4 aromatic rings. The highest BCUT2D eigenvalue weighted by atomic mass is 32.2. The summed E-state index contributed by atoms with van der Waals surface area (Å²) in [5, 5.41) is 0.924. The van der Waals surface area contributed by atoms with Crippen LogP contribution in [0.4, 0.5) is 0 Å². The first-order chi connectivity index (χ1) is 19.8. The van der Waals surface area contributed by atoms with E-state index >= 15 is 0 Å². The van der Waals surface area contributed by atoms with Gasteiger partial charge in [-0.15, -0.1) is 11.8 Å². The van der Waals surface area contributed by atoms with Gasteiger partial charge in [0.15, 0.2) is 4.80 Å². The summed E-state index contributed by atoms with van der Waals surface area (Å²) in [5.41, 5.74) is 4.00. The number of thiazole rings is 1. The Balaban J connectivity index is 1.71. The first-order valence-electron chi connectivity index (χ1n) is 13.4. The Morgan fingerprint density at radius 2 is 1.76 bits per heavy atom. The van der Waals surface area contributed by atoms with Crippen molar-refractivity contribution < 1.29 is 19.1 Å². The lowest BCUT2D eigenvalue weighted by Crippen LogP contribution is -2.39. The maximum Gasteiger partial charge on any atom is 0.338 e. The number of hydrogen-bond donors (Lipinski definition) is 0. The van der Waals surface area contributed by atoms with E-state index in [0.29, 0.717) is 27.2 Å². The van der Waals surface area contributed by atoms with Crippen molar-refractivity contribution in [3.05, 3.63) is 96.3 Å². The summed E-state index contributed by atoms with van der Waals surface area (Å²) < 4.78 is 14.6. The van der Waals surface area contributed by atoms with Crippen molar-refractivity contribution in [2.45, 2.75) is 45.2 Å². The predicted molar refractivity (Wildman–Crippen MR) is 162 cm³/mol. The van der Waals surface area contributed by atoms with Gasteiger partial charge in [-0.2, -0.15) is 0 Å². The van der Waals surface area contributed by atoms with E-state index in [1.54, 1.807) is 37.1 Å². The second kappa shape index (κ2) is 11.9. The minimum atomic E-state index is -0.672. The van der Waals surface area contributed by atoms with E-state index in [4.69, 9.17) is 9.47 Å². The third kappa shape index (κ3) is 5.29. The molecule has 2 aromatic carbocycles. The summed E-state index contributed by atoms with van der Waals surface area (Å²) in [6, 6.07) is 15.0. The van der Waals surface area contributed by atoms with Crippen molar-refractivity contribution in [2.24, 2.45) is 4.99 Å². The smallest absolute Gasteiger partial charge is 0.338 e. The molecule has 1 atom stereocenters. The van der Waals surface area contributed by atoms with Gasteiger partial charge < -0.3 is 14.0 Å². The molecule has 0 fully saturated rings. The molecule has 8 nitrogen and oxygen atoms in total. The number of esters is 2. The molecular formula is C31H31N3O5S2. The fourth-order valence-electron chi connectivity index (χ4n) is 5.20. The maximum atomic E-state index is 14.1. The van der Waals surface area contributed by atoms with Gasteiger partial charge in [0.05, 0.1) is 35.1 Å². The molecule has 1 unspecified atom stereocenters. The summed E-state index contributed by atoms with van der Waals surface area (Å²) in [7, 11) is 0. The van der Waals surface area contributed by atoms with Crippen molar-refractivity contribution in [1.29, 1.82) is 0 Å². The van der Waals surface area contributed by atoms with Gasteiger partial charge in [-0.05, 0) is 63.8 Å². The molecule has 41 heavy (non-hydrogen) atoms. The van der Waals surface area contributed by atoms with Crippen molar-refractivity contribution in [3.8, 4) is 0 Å². The van der Waals surface area contributed by atoms with Crippen molar-refractivity contribution >= 4 is 52.0 Å². The molecule has 0 spiro atoms. The van der Waals surface area contributed by atoms with Gasteiger partial charge >= 0.3 is 11.9 Å². The molecule has 212 valence electrons. The number of allylic oxidation sites excluding steroid dienone is 1. The number of thioether (sulfide) groups is 1. The Kier molecular flexibility index (Phi) is 8.32. The van der Waals surface area contributed by atoms with Gasteiger partial charge in [0.1, 0.15) is 6.54 Å². The molecule has 1 aliphatic heterocycles. The fraction of sp³-hybridized carbons (Fsp3) is 0.290. The number of carbonyl (C=O) groups excluding carboxylic acids is 2. The van der Waals surface area contributed by atoms with Gasteiger partial charge in [0.25, 0.3) is 5.56 Å². The largest absolute Gasteiger partial charge is 0.465 e. The molecule has 0 saturated heterocycles. The molecule has 0 saturated carbocycles. The molecule has 5 rings (SSSR count). The van der Waals surface area contributed by atoms with Crippen LogP contribution in [0, 0.1) is 6.92 Å². The third-order valence-corrected chi connectivity index (χ3v) is 8.82. The van der Waals surface area contributed by atoms with Crippen LogP contribution in [0.1, 0.15) is 43.6 Å². The number of rotatable bonds is 8. The monoisotopic (exact) mass is 589 g/mol. The van der Waals surface area contributed by atoms with Crippen LogP contribution in [0.3, 0.4) is 0 Å². The summed E-state index contributed by atoms with van der Waals surface area (Å²) in [5.74, 6) is -0.809. The lowest BCUT2D eigenvalue weighted by Gasteiger charge is -2.24. The third-order valence-electron chi connectivity index (χ3n) is 7.10. The normalized spacial score (nSPS) is 15.1. The van der Waals surface area contributed by atoms with E-state index in [9.17, 15) is 14.4 Å².